The minimum atomic E-state index is 0.0970. The van der Waals surface area contributed by atoms with E-state index in [0.29, 0.717) is 11.6 Å². The molecule has 1 fully saturated rings. The zero-order valence-electron chi connectivity index (χ0n) is 9.82. The third-order valence-corrected chi connectivity index (χ3v) is 3.93. The fourth-order valence-electron chi connectivity index (χ4n) is 2.17. The van der Waals surface area contributed by atoms with Crippen LogP contribution in [0.2, 0.25) is 0 Å². The second-order valence-electron chi connectivity index (χ2n) is 4.44. The predicted molar refractivity (Wildman–Crippen MR) is 68.1 cm³/mol. The van der Waals surface area contributed by atoms with Crippen LogP contribution in [0.25, 0.3) is 0 Å². The summed E-state index contributed by atoms with van der Waals surface area (Å²) in [4.78, 5) is 16.2. The van der Waals surface area contributed by atoms with Gasteiger partial charge in [0, 0.05) is 24.3 Å². The van der Waals surface area contributed by atoms with E-state index in [2.05, 4.69) is 10.3 Å². The van der Waals surface area contributed by atoms with E-state index in [-0.39, 0.29) is 18.4 Å². The monoisotopic (exact) mass is 254 g/mol. The number of carbonyl (C=O) groups excluding carboxylic acids is 1. The van der Waals surface area contributed by atoms with Crippen molar-refractivity contribution >= 4 is 22.4 Å². The Kier molecular flexibility index (Phi) is 4.50. The standard InChI is InChI=1S/C12H18N2O2S/c15-7-6-10-8-17-12(13-10)14-11(16)9-4-2-1-3-5-9/h8-9,15H,1-7H2,(H,13,14,16). The SMILES string of the molecule is O=C(Nc1nc(CCO)cs1)C1CCCCC1. The van der Waals surface area contributed by atoms with Crippen LogP contribution < -0.4 is 5.32 Å². The quantitative estimate of drug-likeness (QED) is 0.866. The molecular weight excluding hydrogens is 236 g/mol. The highest BCUT2D eigenvalue weighted by Crippen LogP contribution is 2.25. The second kappa shape index (κ2) is 6.12. The van der Waals surface area contributed by atoms with Crippen LogP contribution in [0.4, 0.5) is 5.13 Å². The molecule has 1 aromatic heterocycles. The molecular formula is C12H18N2O2S. The van der Waals surface area contributed by atoms with E-state index in [1.807, 2.05) is 5.38 Å². The van der Waals surface area contributed by atoms with Gasteiger partial charge in [0.15, 0.2) is 5.13 Å². The van der Waals surface area contributed by atoms with Crippen LogP contribution in [0, 0.1) is 5.92 Å². The van der Waals surface area contributed by atoms with E-state index in [9.17, 15) is 4.79 Å². The predicted octanol–water partition coefficient (Wildman–Crippen LogP) is 2.20. The Hall–Kier alpha value is -0.940. The number of nitrogens with zero attached hydrogens (tertiary/aromatic N) is 1. The largest absolute Gasteiger partial charge is 0.396 e. The maximum absolute atomic E-state index is 11.9. The summed E-state index contributed by atoms with van der Waals surface area (Å²) in [5.41, 5.74) is 0.844. The maximum Gasteiger partial charge on any atom is 0.229 e. The van der Waals surface area contributed by atoms with Crippen molar-refractivity contribution in [2.24, 2.45) is 5.92 Å². The van der Waals surface area contributed by atoms with Gasteiger partial charge < -0.3 is 10.4 Å². The van der Waals surface area contributed by atoms with Crippen molar-refractivity contribution < 1.29 is 9.90 Å². The molecule has 4 nitrogen and oxygen atoms in total. The van der Waals surface area contributed by atoms with E-state index >= 15 is 0 Å². The molecule has 0 spiro atoms. The lowest BCUT2D eigenvalue weighted by molar-refractivity contribution is -0.120. The Morgan fingerprint density at radius 1 is 1.47 bits per heavy atom. The Labute approximate surface area is 105 Å². The van der Waals surface area contributed by atoms with Crippen molar-refractivity contribution in [1.82, 2.24) is 4.98 Å². The van der Waals surface area contributed by atoms with Crippen molar-refractivity contribution in [1.29, 1.82) is 0 Å². The topological polar surface area (TPSA) is 62.2 Å². The summed E-state index contributed by atoms with van der Waals surface area (Å²) in [5, 5.41) is 14.2. The minimum Gasteiger partial charge on any atom is -0.396 e. The minimum absolute atomic E-state index is 0.0970. The molecule has 1 heterocycles. The van der Waals surface area contributed by atoms with Gasteiger partial charge in [-0.3, -0.25) is 4.79 Å². The van der Waals surface area contributed by atoms with Crippen LogP contribution >= 0.6 is 11.3 Å². The number of amides is 1. The van der Waals surface area contributed by atoms with Crippen LogP contribution in [0.5, 0.6) is 0 Å². The van der Waals surface area contributed by atoms with Gasteiger partial charge in [-0.2, -0.15) is 0 Å². The third-order valence-electron chi connectivity index (χ3n) is 3.13. The van der Waals surface area contributed by atoms with E-state index in [4.69, 9.17) is 5.11 Å². The molecule has 0 bridgehead atoms. The molecule has 2 N–H and O–H groups in total. The molecule has 94 valence electrons. The lowest BCUT2D eigenvalue weighted by Gasteiger charge is -2.19. The summed E-state index contributed by atoms with van der Waals surface area (Å²) < 4.78 is 0. The van der Waals surface area contributed by atoms with E-state index in [1.165, 1.54) is 17.8 Å². The Bertz CT molecular complexity index is 372. The molecule has 1 aliphatic carbocycles. The number of aromatic nitrogens is 1. The summed E-state index contributed by atoms with van der Waals surface area (Å²) in [6.07, 6.45) is 6.12. The fraction of sp³-hybridized carbons (Fsp3) is 0.667. The first-order valence-corrected chi connectivity index (χ1v) is 7.03. The molecule has 1 aromatic rings. The van der Waals surface area contributed by atoms with Gasteiger partial charge >= 0.3 is 0 Å². The smallest absolute Gasteiger partial charge is 0.229 e. The summed E-state index contributed by atoms with van der Waals surface area (Å²) in [6, 6.07) is 0. The van der Waals surface area contributed by atoms with E-state index in [0.717, 1.165) is 31.4 Å². The molecule has 0 aliphatic heterocycles. The molecule has 17 heavy (non-hydrogen) atoms. The highest BCUT2D eigenvalue weighted by atomic mass is 32.1. The number of nitrogens with one attached hydrogen (secondary N) is 1. The van der Waals surface area contributed by atoms with Gasteiger partial charge in [0.25, 0.3) is 0 Å². The average Bonchev–Trinajstić information content (AvgIpc) is 2.78. The summed E-state index contributed by atoms with van der Waals surface area (Å²) in [6.45, 7) is 0.0970. The summed E-state index contributed by atoms with van der Waals surface area (Å²) >= 11 is 1.43. The molecule has 5 heteroatoms. The highest BCUT2D eigenvalue weighted by molar-refractivity contribution is 7.13. The van der Waals surface area contributed by atoms with Crippen LogP contribution in [0.3, 0.4) is 0 Å². The van der Waals surface area contributed by atoms with Gasteiger partial charge in [-0.05, 0) is 12.8 Å². The normalized spacial score (nSPS) is 17.0. The number of hydrogen-bond donors (Lipinski definition) is 2. The third kappa shape index (κ3) is 3.51. The molecule has 0 saturated heterocycles. The number of hydrogen-bond acceptors (Lipinski definition) is 4. The number of aliphatic hydroxyl groups is 1. The fourth-order valence-corrected chi connectivity index (χ4v) is 2.91. The molecule has 1 saturated carbocycles. The molecule has 1 aliphatic rings. The van der Waals surface area contributed by atoms with Crippen LogP contribution in [-0.4, -0.2) is 22.6 Å². The first-order valence-electron chi connectivity index (χ1n) is 6.15. The molecule has 2 rings (SSSR count). The number of anilines is 1. The Morgan fingerprint density at radius 2 is 2.24 bits per heavy atom. The Balaban J connectivity index is 1.88. The van der Waals surface area contributed by atoms with Gasteiger partial charge in [0.2, 0.25) is 5.91 Å². The van der Waals surface area contributed by atoms with Crippen LogP contribution in [0.15, 0.2) is 5.38 Å². The Morgan fingerprint density at radius 3 is 2.94 bits per heavy atom. The zero-order valence-corrected chi connectivity index (χ0v) is 10.6. The molecule has 0 atom stereocenters. The summed E-state index contributed by atoms with van der Waals surface area (Å²) in [5.74, 6) is 0.267. The maximum atomic E-state index is 11.9. The van der Waals surface area contributed by atoms with E-state index in [1.54, 1.807) is 0 Å². The summed E-state index contributed by atoms with van der Waals surface area (Å²) in [7, 11) is 0. The van der Waals surface area contributed by atoms with Crippen LogP contribution in [-0.2, 0) is 11.2 Å². The van der Waals surface area contributed by atoms with Gasteiger partial charge in [0.1, 0.15) is 0 Å². The van der Waals surface area contributed by atoms with Crippen molar-refractivity contribution in [3.8, 4) is 0 Å². The zero-order chi connectivity index (χ0) is 12.1. The first-order chi connectivity index (χ1) is 8.29. The van der Waals surface area contributed by atoms with Crippen LogP contribution in [0.1, 0.15) is 37.8 Å². The van der Waals surface area contributed by atoms with Crippen molar-refractivity contribution in [2.45, 2.75) is 38.5 Å². The van der Waals surface area contributed by atoms with Gasteiger partial charge in [-0.25, -0.2) is 4.98 Å². The molecule has 0 unspecified atom stereocenters. The number of carbonyl (C=O) groups is 1. The first kappa shape index (κ1) is 12.5. The van der Waals surface area contributed by atoms with Crippen molar-refractivity contribution in [3.63, 3.8) is 0 Å². The number of aliphatic hydroxyl groups excluding tert-OH is 1. The van der Waals surface area contributed by atoms with Crippen molar-refractivity contribution in [2.75, 3.05) is 11.9 Å². The molecule has 0 radical (unpaired) electrons. The van der Waals surface area contributed by atoms with Crippen molar-refractivity contribution in [3.05, 3.63) is 11.1 Å². The number of rotatable bonds is 4. The van der Waals surface area contributed by atoms with Gasteiger partial charge in [-0.15, -0.1) is 11.3 Å². The lowest BCUT2D eigenvalue weighted by atomic mass is 9.89. The molecule has 1 amide bonds. The van der Waals surface area contributed by atoms with Gasteiger partial charge in [0.05, 0.1) is 5.69 Å². The lowest BCUT2D eigenvalue weighted by Crippen LogP contribution is -2.24. The molecule has 0 aromatic carbocycles. The van der Waals surface area contributed by atoms with Gasteiger partial charge in [-0.1, -0.05) is 19.3 Å². The number of thiazole rings is 1. The second-order valence-corrected chi connectivity index (χ2v) is 5.30. The highest BCUT2D eigenvalue weighted by Gasteiger charge is 2.21. The average molecular weight is 254 g/mol. The van der Waals surface area contributed by atoms with E-state index < -0.39 is 0 Å².